The Morgan fingerprint density at radius 2 is 1.87 bits per heavy atom. The molecule has 0 aromatic heterocycles. The first-order chi connectivity index (χ1) is 15.1. The van der Waals surface area contributed by atoms with Crippen molar-refractivity contribution in [2.75, 3.05) is 25.0 Å². The second-order valence-electron chi connectivity index (χ2n) is 8.05. The van der Waals surface area contributed by atoms with E-state index >= 15 is 0 Å². The fourth-order valence-corrected chi connectivity index (χ4v) is 4.08. The molecule has 0 aliphatic carbocycles. The van der Waals surface area contributed by atoms with Gasteiger partial charge in [-0.05, 0) is 81.3 Å². The fraction of sp³-hybridized carbons (Fsp3) is 0.440. The Labute approximate surface area is 184 Å². The Bertz CT molecular complexity index is 824. The van der Waals surface area contributed by atoms with Gasteiger partial charge in [-0.2, -0.15) is 0 Å². The first-order valence-corrected chi connectivity index (χ1v) is 11.2. The van der Waals surface area contributed by atoms with Crippen LogP contribution in [0.4, 0.5) is 10.5 Å². The molecule has 2 amide bonds. The van der Waals surface area contributed by atoms with E-state index in [9.17, 15) is 9.59 Å². The largest absolute Gasteiger partial charge is 0.462 e. The van der Waals surface area contributed by atoms with Gasteiger partial charge in [0, 0.05) is 18.3 Å². The molecule has 0 radical (unpaired) electrons. The third kappa shape index (κ3) is 7.72. The second-order valence-corrected chi connectivity index (χ2v) is 8.05. The normalized spacial score (nSPS) is 18.2. The van der Waals surface area contributed by atoms with Crippen LogP contribution in [0.15, 0.2) is 54.6 Å². The third-order valence-electron chi connectivity index (χ3n) is 5.64. The molecule has 1 aliphatic heterocycles. The van der Waals surface area contributed by atoms with Gasteiger partial charge < -0.3 is 20.7 Å². The summed E-state index contributed by atoms with van der Waals surface area (Å²) < 4.78 is 4.96. The number of carbonyl (C=O) groups excluding carboxylic acids is 2. The predicted molar refractivity (Wildman–Crippen MR) is 123 cm³/mol. The van der Waals surface area contributed by atoms with Crippen LogP contribution in [0.5, 0.6) is 0 Å². The van der Waals surface area contributed by atoms with Gasteiger partial charge in [-0.15, -0.1) is 0 Å². The minimum absolute atomic E-state index is 0.234. The number of nitrogens with one attached hydrogen (secondary N) is 3. The Kier molecular flexibility index (Phi) is 8.91. The smallest absolute Gasteiger partial charge is 0.338 e. The van der Waals surface area contributed by atoms with Gasteiger partial charge in [-0.25, -0.2) is 9.59 Å². The number of rotatable bonds is 9. The molecule has 2 aromatic carbocycles. The number of ether oxygens (including phenoxy) is 1. The Morgan fingerprint density at radius 3 is 2.61 bits per heavy atom. The van der Waals surface area contributed by atoms with Crippen LogP contribution in [-0.2, 0) is 11.2 Å². The van der Waals surface area contributed by atoms with Gasteiger partial charge in [0.15, 0.2) is 0 Å². The van der Waals surface area contributed by atoms with E-state index in [0.717, 1.165) is 31.7 Å². The molecule has 0 unspecified atom stereocenters. The van der Waals surface area contributed by atoms with Crippen LogP contribution >= 0.6 is 0 Å². The number of piperidine rings is 1. The van der Waals surface area contributed by atoms with Gasteiger partial charge in [0.2, 0.25) is 0 Å². The molecule has 31 heavy (non-hydrogen) atoms. The lowest BCUT2D eigenvalue weighted by atomic mass is 9.86. The molecule has 166 valence electrons. The monoisotopic (exact) mass is 423 g/mol. The van der Waals surface area contributed by atoms with Crippen molar-refractivity contribution in [1.29, 1.82) is 0 Å². The maximum Gasteiger partial charge on any atom is 0.338 e. The first-order valence-electron chi connectivity index (χ1n) is 11.2. The topological polar surface area (TPSA) is 79.5 Å². The van der Waals surface area contributed by atoms with Gasteiger partial charge >= 0.3 is 12.0 Å². The number of carbonyl (C=O) groups is 2. The minimum Gasteiger partial charge on any atom is -0.462 e. The van der Waals surface area contributed by atoms with Gasteiger partial charge in [0.1, 0.15) is 0 Å². The lowest BCUT2D eigenvalue weighted by Gasteiger charge is -2.30. The highest BCUT2D eigenvalue weighted by Crippen LogP contribution is 2.23. The zero-order chi connectivity index (χ0) is 21.9. The van der Waals surface area contributed by atoms with Crippen molar-refractivity contribution < 1.29 is 14.3 Å². The lowest BCUT2D eigenvalue weighted by molar-refractivity contribution is 0.0526. The molecule has 3 rings (SSSR count). The number of amides is 2. The lowest BCUT2D eigenvalue weighted by Crippen LogP contribution is -2.39. The Balaban J connectivity index is 1.33. The van der Waals surface area contributed by atoms with Crippen LogP contribution in [0.1, 0.15) is 48.5 Å². The first kappa shape index (κ1) is 22.8. The van der Waals surface area contributed by atoms with Crippen molar-refractivity contribution in [1.82, 2.24) is 10.6 Å². The zero-order valence-corrected chi connectivity index (χ0v) is 18.2. The van der Waals surface area contributed by atoms with E-state index in [2.05, 4.69) is 46.3 Å². The van der Waals surface area contributed by atoms with Crippen molar-refractivity contribution in [3.8, 4) is 0 Å². The van der Waals surface area contributed by atoms with E-state index < -0.39 is 0 Å². The molecule has 6 nitrogen and oxygen atoms in total. The molecule has 0 saturated carbocycles. The fourth-order valence-electron chi connectivity index (χ4n) is 4.08. The summed E-state index contributed by atoms with van der Waals surface area (Å²) in [5.74, 6) is 0.364. The predicted octanol–water partition coefficient (Wildman–Crippen LogP) is 4.38. The van der Waals surface area contributed by atoms with Crippen LogP contribution in [-0.4, -0.2) is 37.7 Å². The number of urea groups is 1. The van der Waals surface area contributed by atoms with Crippen molar-refractivity contribution in [3.63, 3.8) is 0 Å². The maximum atomic E-state index is 12.1. The van der Waals surface area contributed by atoms with E-state index in [0.29, 0.717) is 30.4 Å². The summed E-state index contributed by atoms with van der Waals surface area (Å²) in [5, 5.41) is 9.33. The van der Waals surface area contributed by atoms with Crippen LogP contribution in [0.3, 0.4) is 0 Å². The summed E-state index contributed by atoms with van der Waals surface area (Å²) in [5.41, 5.74) is 2.53. The molecule has 1 heterocycles. The third-order valence-corrected chi connectivity index (χ3v) is 5.64. The average Bonchev–Trinajstić information content (AvgIpc) is 2.78. The van der Waals surface area contributed by atoms with E-state index in [1.807, 2.05) is 0 Å². The summed E-state index contributed by atoms with van der Waals surface area (Å²) in [6.45, 7) is 3.81. The Hall–Kier alpha value is -2.86. The minimum atomic E-state index is -0.360. The summed E-state index contributed by atoms with van der Waals surface area (Å²) in [7, 11) is 0. The summed E-state index contributed by atoms with van der Waals surface area (Å²) >= 11 is 0. The van der Waals surface area contributed by atoms with E-state index in [4.69, 9.17) is 4.74 Å². The summed E-state index contributed by atoms with van der Waals surface area (Å²) in [4.78, 5) is 23.8. The SMILES string of the molecule is CCOC(=O)c1ccc(NC(=O)NCCC[C@@H]2C[C@@H](Cc3ccccc3)CCN2)cc1. The molecular weight excluding hydrogens is 390 g/mol. The summed E-state index contributed by atoms with van der Waals surface area (Å²) in [6.07, 6.45) is 5.55. The molecule has 6 heteroatoms. The van der Waals surface area contributed by atoms with Crippen LogP contribution < -0.4 is 16.0 Å². The van der Waals surface area contributed by atoms with E-state index in [1.54, 1.807) is 31.2 Å². The highest BCUT2D eigenvalue weighted by Gasteiger charge is 2.21. The highest BCUT2D eigenvalue weighted by atomic mass is 16.5. The number of benzene rings is 2. The summed E-state index contributed by atoms with van der Waals surface area (Å²) in [6, 6.07) is 17.7. The van der Waals surface area contributed by atoms with E-state index in [-0.39, 0.29) is 12.0 Å². The van der Waals surface area contributed by atoms with Crippen molar-refractivity contribution in [2.24, 2.45) is 5.92 Å². The van der Waals surface area contributed by atoms with Gasteiger partial charge in [0.05, 0.1) is 12.2 Å². The van der Waals surface area contributed by atoms with Crippen LogP contribution in [0.25, 0.3) is 0 Å². The van der Waals surface area contributed by atoms with Crippen molar-refractivity contribution >= 4 is 17.7 Å². The number of hydrogen-bond acceptors (Lipinski definition) is 4. The molecule has 1 saturated heterocycles. The maximum absolute atomic E-state index is 12.1. The zero-order valence-electron chi connectivity index (χ0n) is 18.2. The van der Waals surface area contributed by atoms with Crippen molar-refractivity contribution in [2.45, 2.75) is 45.1 Å². The molecular formula is C25H33N3O3. The molecule has 0 spiro atoms. The molecule has 1 aliphatic rings. The Morgan fingerprint density at radius 1 is 1.10 bits per heavy atom. The number of anilines is 1. The van der Waals surface area contributed by atoms with Gasteiger partial charge in [-0.3, -0.25) is 0 Å². The molecule has 3 N–H and O–H groups in total. The quantitative estimate of drug-likeness (QED) is 0.413. The van der Waals surface area contributed by atoms with Gasteiger partial charge in [0.25, 0.3) is 0 Å². The number of esters is 1. The second kappa shape index (κ2) is 12.1. The molecule has 1 fully saturated rings. The average molecular weight is 424 g/mol. The highest BCUT2D eigenvalue weighted by molar-refractivity contribution is 5.92. The van der Waals surface area contributed by atoms with Gasteiger partial charge in [-0.1, -0.05) is 30.3 Å². The number of hydrogen-bond donors (Lipinski definition) is 3. The van der Waals surface area contributed by atoms with Crippen molar-refractivity contribution in [3.05, 3.63) is 65.7 Å². The van der Waals surface area contributed by atoms with Crippen LogP contribution in [0, 0.1) is 5.92 Å². The molecule has 0 bridgehead atoms. The standard InChI is InChI=1S/C25H33N3O3/c1-2-31-24(29)21-10-12-22(13-11-21)28-25(30)27-15-6-9-23-18-20(14-16-26-23)17-19-7-4-3-5-8-19/h3-5,7-8,10-13,20,23,26H,2,6,9,14-18H2,1H3,(H2,27,28,30)/t20-,23-/m1/s1. The van der Waals surface area contributed by atoms with Crippen LogP contribution in [0.2, 0.25) is 0 Å². The molecule has 2 aromatic rings. The van der Waals surface area contributed by atoms with E-state index in [1.165, 1.54) is 18.4 Å². The molecule has 2 atom stereocenters.